The van der Waals surface area contributed by atoms with E-state index < -0.39 is 0 Å². The Balaban J connectivity index is 2.50. The Labute approximate surface area is 99.4 Å². The summed E-state index contributed by atoms with van der Waals surface area (Å²) in [5, 5.41) is 6.47. The summed E-state index contributed by atoms with van der Waals surface area (Å²) in [6, 6.07) is 0. The molecule has 0 spiro atoms. The van der Waals surface area contributed by atoms with E-state index in [4.69, 9.17) is 0 Å². The van der Waals surface area contributed by atoms with Gasteiger partial charge in [0.25, 0.3) is 0 Å². The summed E-state index contributed by atoms with van der Waals surface area (Å²) in [6.07, 6.45) is 6.49. The number of hydrogen-bond donors (Lipinski definition) is 2. The van der Waals surface area contributed by atoms with Crippen molar-refractivity contribution >= 4 is 5.91 Å². The number of amides is 1. The summed E-state index contributed by atoms with van der Waals surface area (Å²) < 4.78 is 0. The number of carbonyl (C=O) groups excluding carboxylic acids is 1. The van der Waals surface area contributed by atoms with E-state index in [1.807, 2.05) is 0 Å². The molecule has 0 aromatic heterocycles. The molecule has 1 amide bonds. The Morgan fingerprint density at radius 1 is 1.38 bits per heavy atom. The van der Waals surface area contributed by atoms with Crippen molar-refractivity contribution in [2.24, 2.45) is 5.41 Å². The lowest BCUT2D eigenvalue weighted by Gasteiger charge is -2.36. The van der Waals surface area contributed by atoms with Crippen molar-refractivity contribution in [1.29, 1.82) is 0 Å². The second-order valence-electron chi connectivity index (χ2n) is 4.92. The molecule has 0 saturated carbocycles. The van der Waals surface area contributed by atoms with Crippen molar-refractivity contribution in [3.8, 4) is 0 Å². The number of rotatable bonds is 6. The van der Waals surface area contributed by atoms with E-state index in [0.29, 0.717) is 0 Å². The zero-order chi connectivity index (χ0) is 11.9. The highest BCUT2D eigenvalue weighted by atomic mass is 16.2. The normalized spacial score (nSPS) is 25.4. The molecule has 1 aliphatic rings. The zero-order valence-corrected chi connectivity index (χ0v) is 10.8. The van der Waals surface area contributed by atoms with Crippen LogP contribution < -0.4 is 10.6 Å². The van der Waals surface area contributed by atoms with Gasteiger partial charge in [-0.1, -0.05) is 26.7 Å². The molecule has 16 heavy (non-hydrogen) atoms. The van der Waals surface area contributed by atoms with Crippen LogP contribution >= 0.6 is 0 Å². The van der Waals surface area contributed by atoms with Crippen LogP contribution in [0, 0.1) is 5.41 Å². The third kappa shape index (κ3) is 3.48. The van der Waals surface area contributed by atoms with Gasteiger partial charge in [-0.25, -0.2) is 0 Å². The van der Waals surface area contributed by atoms with Crippen LogP contribution in [-0.2, 0) is 4.79 Å². The summed E-state index contributed by atoms with van der Waals surface area (Å²) in [6.45, 7) is 7.07. The van der Waals surface area contributed by atoms with Gasteiger partial charge in [0.2, 0.25) is 5.91 Å². The lowest BCUT2D eigenvalue weighted by Crippen LogP contribution is -2.50. The fourth-order valence-corrected chi connectivity index (χ4v) is 2.53. The zero-order valence-electron chi connectivity index (χ0n) is 10.8. The number of unbranched alkanes of at least 4 members (excludes halogenated alkanes) is 1. The minimum absolute atomic E-state index is 0.124. The van der Waals surface area contributed by atoms with Crippen LogP contribution in [0.25, 0.3) is 0 Å². The van der Waals surface area contributed by atoms with Gasteiger partial charge in [0.1, 0.15) is 0 Å². The van der Waals surface area contributed by atoms with E-state index in [1.165, 1.54) is 0 Å². The third-order valence-corrected chi connectivity index (χ3v) is 3.50. The average molecular weight is 226 g/mol. The van der Waals surface area contributed by atoms with Gasteiger partial charge in [-0.2, -0.15) is 0 Å². The molecule has 1 heterocycles. The second kappa shape index (κ2) is 6.89. The summed E-state index contributed by atoms with van der Waals surface area (Å²) >= 11 is 0. The predicted molar refractivity (Wildman–Crippen MR) is 67.4 cm³/mol. The van der Waals surface area contributed by atoms with Gasteiger partial charge < -0.3 is 10.6 Å². The van der Waals surface area contributed by atoms with Crippen molar-refractivity contribution in [1.82, 2.24) is 10.6 Å². The van der Waals surface area contributed by atoms with Gasteiger partial charge in [0.05, 0.1) is 5.41 Å². The molecule has 0 aromatic carbocycles. The van der Waals surface area contributed by atoms with Crippen LogP contribution in [0.1, 0.15) is 52.4 Å². The summed E-state index contributed by atoms with van der Waals surface area (Å²) in [5.74, 6) is 0.273. The molecule has 94 valence electrons. The number of carbonyl (C=O) groups is 1. The van der Waals surface area contributed by atoms with Gasteiger partial charge in [0, 0.05) is 13.1 Å². The lowest BCUT2D eigenvalue weighted by molar-refractivity contribution is -0.132. The third-order valence-electron chi connectivity index (χ3n) is 3.50. The molecule has 1 saturated heterocycles. The van der Waals surface area contributed by atoms with Crippen molar-refractivity contribution < 1.29 is 4.79 Å². The van der Waals surface area contributed by atoms with Crippen molar-refractivity contribution in [2.45, 2.75) is 52.4 Å². The highest BCUT2D eigenvalue weighted by Gasteiger charge is 2.38. The van der Waals surface area contributed by atoms with Crippen molar-refractivity contribution in [2.75, 3.05) is 19.6 Å². The lowest BCUT2D eigenvalue weighted by atomic mass is 9.76. The first-order valence-electron chi connectivity index (χ1n) is 6.74. The van der Waals surface area contributed by atoms with Crippen LogP contribution in [0.15, 0.2) is 0 Å². The SMILES string of the molecule is CCCCNC(=O)C1(CCC)CCCNC1. The van der Waals surface area contributed by atoms with Gasteiger partial charge in [-0.3, -0.25) is 4.79 Å². The fourth-order valence-electron chi connectivity index (χ4n) is 2.53. The molecule has 3 nitrogen and oxygen atoms in total. The Kier molecular flexibility index (Phi) is 5.81. The van der Waals surface area contributed by atoms with E-state index >= 15 is 0 Å². The minimum atomic E-state index is -0.124. The van der Waals surface area contributed by atoms with E-state index in [9.17, 15) is 4.79 Å². The van der Waals surface area contributed by atoms with Gasteiger partial charge >= 0.3 is 0 Å². The molecule has 0 aromatic rings. The Hall–Kier alpha value is -0.570. The van der Waals surface area contributed by atoms with Crippen molar-refractivity contribution in [3.63, 3.8) is 0 Å². The monoisotopic (exact) mass is 226 g/mol. The summed E-state index contributed by atoms with van der Waals surface area (Å²) in [7, 11) is 0. The molecule has 3 heteroatoms. The van der Waals surface area contributed by atoms with Crippen LogP contribution in [0.5, 0.6) is 0 Å². The molecule has 1 aliphatic heterocycles. The van der Waals surface area contributed by atoms with E-state index in [-0.39, 0.29) is 11.3 Å². The molecule has 0 aliphatic carbocycles. The van der Waals surface area contributed by atoms with E-state index in [2.05, 4.69) is 24.5 Å². The van der Waals surface area contributed by atoms with Crippen LogP contribution in [0.3, 0.4) is 0 Å². The first-order chi connectivity index (χ1) is 7.75. The van der Waals surface area contributed by atoms with Crippen LogP contribution in [-0.4, -0.2) is 25.5 Å². The van der Waals surface area contributed by atoms with Gasteiger partial charge in [-0.15, -0.1) is 0 Å². The van der Waals surface area contributed by atoms with Crippen molar-refractivity contribution in [3.05, 3.63) is 0 Å². The first kappa shape index (κ1) is 13.5. The maximum atomic E-state index is 12.2. The highest BCUT2D eigenvalue weighted by molar-refractivity contribution is 5.83. The Morgan fingerprint density at radius 2 is 2.19 bits per heavy atom. The maximum Gasteiger partial charge on any atom is 0.227 e. The minimum Gasteiger partial charge on any atom is -0.356 e. The molecule has 1 atom stereocenters. The van der Waals surface area contributed by atoms with Crippen LogP contribution in [0.4, 0.5) is 0 Å². The molecule has 1 fully saturated rings. The largest absolute Gasteiger partial charge is 0.356 e. The highest BCUT2D eigenvalue weighted by Crippen LogP contribution is 2.31. The molecular weight excluding hydrogens is 200 g/mol. The van der Waals surface area contributed by atoms with Crippen LogP contribution in [0.2, 0.25) is 0 Å². The number of hydrogen-bond acceptors (Lipinski definition) is 2. The van der Waals surface area contributed by atoms with E-state index in [1.54, 1.807) is 0 Å². The molecule has 1 rings (SSSR count). The van der Waals surface area contributed by atoms with Gasteiger partial charge in [0.15, 0.2) is 0 Å². The molecule has 1 unspecified atom stereocenters. The average Bonchev–Trinajstić information content (AvgIpc) is 2.31. The second-order valence-corrected chi connectivity index (χ2v) is 4.92. The smallest absolute Gasteiger partial charge is 0.227 e. The predicted octanol–water partition coefficient (Wildman–Crippen LogP) is 2.07. The molecule has 0 radical (unpaired) electrons. The topological polar surface area (TPSA) is 41.1 Å². The number of piperidine rings is 1. The van der Waals surface area contributed by atoms with Gasteiger partial charge in [-0.05, 0) is 32.2 Å². The number of nitrogens with one attached hydrogen (secondary N) is 2. The summed E-state index contributed by atoms with van der Waals surface area (Å²) in [4.78, 5) is 12.2. The Morgan fingerprint density at radius 3 is 2.75 bits per heavy atom. The quantitative estimate of drug-likeness (QED) is 0.681. The molecular formula is C13H26N2O. The molecule has 0 bridgehead atoms. The standard InChI is InChI=1S/C13H26N2O/c1-3-5-10-15-12(16)13(7-4-2)8-6-9-14-11-13/h14H,3-11H2,1-2H3,(H,15,16). The first-order valence-corrected chi connectivity index (χ1v) is 6.74. The fraction of sp³-hybridized carbons (Fsp3) is 0.923. The molecule has 2 N–H and O–H groups in total. The maximum absolute atomic E-state index is 12.2. The van der Waals surface area contributed by atoms with E-state index in [0.717, 1.165) is 58.2 Å². The Bertz CT molecular complexity index is 204. The summed E-state index contributed by atoms with van der Waals surface area (Å²) in [5.41, 5.74) is -0.124.